The highest BCUT2D eigenvalue weighted by atomic mass is 35.5. The number of hydrogen-bond acceptors (Lipinski definition) is 5. The number of nitrogens with zero attached hydrogens (tertiary/aromatic N) is 3. The van der Waals surface area contributed by atoms with Crippen molar-refractivity contribution in [1.82, 2.24) is 9.80 Å². The van der Waals surface area contributed by atoms with Crippen molar-refractivity contribution in [1.29, 1.82) is 0 Å². The predicted octanol–water partition coefficient (Wildman–Crippen LogP) is 4.60. The van der Waals surface area contributed by atoms with Crippen molar-refractivity contribution in [2.45, 2.75) is 6.92 Å². The van der Waals surface area contributed by atoms with E-state index < -0.39 is 5.82 Å². The van der Waals surface area contributed by atoms with Crippen LogP contribution in [0.2, 0.25) is 5.02 Å². The van der Waals surface area contributed by atoms with Crippen LogP contribution in [0, 0.1) is 12.7 Å². The molecule has 0 bridgehead atoms. The molecule has 0 aliphatic carbocycles. The summed E-state index contributed by atoms with van der Waals surface area (Å²) in [5, 5.41) is 0.421. The molecule has 2 saturated heterocycles. The second kappa shape index (κ2) is 8.79. The number of hydrogen-bond donors (Lipinski definition) is 0. The third-order valence-corrected chi connectivity index (χ3v) is 6.61. The van der Waals surface area contributed by atoms with E-state index >= 15 is 0 Å². The van der Waals surface area contributed by atoms with Gasteiger partial charge in [0.15, 0.2) is 0 Å². The first-order valence-corrected chi connectivity index (χ1v) is 10.8. The number of carbonyl (C=O) groups excluding carboxylic acids is 2. The number of thioether (sulfide) groups is 1. The Morgan fingerprint density at radius 3 is 2.53 bits per heavy atom. The van der Waals surface area contributed by atoms with Crippen molar-refractivity contribution in [3.8, 4) is 0 Å². The van der Waals surface area contributed by atoms with Gasteiger partial charge in [0, 0.05) is 42.5 Å². The summed E-state index contributed by atoms with van der Waals surface area (Å²) >= 11 is 7.09. The second-order valence-corrected chi connectivity index (χ2v) is 8.71. The number of piperazine rings is 1. The van der Waals surface area contributed by atoms with Gasteiger partial charge in [0.05, 0.1) is 11.6 Å². The zero-order valence-electron chi connectivity index (χ0n) is 16.5. The molecule has 4 rings (SSSR count). The Hall–Kier alpha value is -2.35. The zero-order chi connectivity index (χ0) is 21.3. The first kappa shape index (κ1) is 20.9. The van der Waals surface area contributed by atoms with Crippen LogP contribution in [0.1, 0.15) is 11.1 Å². The van der Waals surface area contributed by atoms with Gasteiger partial charge in [-0.1, -0.05) is 35.9 Å². The molecular weight excluding hydrogens is 425 g/mol. The lowest BCUT2D eigenvalue weighted by molar-refractivity contribution is -0.124. The van der Waals surface area contributed by atoms with Crippen LogP contribution in [-0.4, -0.2) is 53.8 Å². The Bertz CT molecular complexity index is 1020. The van der Waals surface area contributed by atoms with Gasteiger partial charge >= 0.3 is 0 Å². The normalized spacial score (nSPS) is 19.2. The molecule has 0 aromatic heterocycles. The van der Waals surface area contributed by atoms with E-state index in [0.29, 0.717) is 5.56 Å². The monoisotopic (exact) mass is 445 g/mol. The lowest BCUT2D eigenvalue weighted by Gasteiger charge is -2.37. The van der Waals surface area contributed by atoms with Gasteiger partial charge in [-0.25, -0.2) is 4.39 Å². The molecule has 2 aromatic carbocycles. The van der Waals surface area contributed by atoms with Crippen molar-refractivity contribution in [2.24, 2.45) is 0 Å². The molecule has 30 heavy (non-hydrogen) atoms. The van der Waals surface area contributed by atoms with Gasteiger partial charge in [0.1, 0.15) is 5.82 Å². The zero-order valence-corrected chi connectivity index (χ0v) is 18.0. The summed E-state index contributed by atoms with van der Waals surface area (Å²) in [6.07, 6.45) is 1.44. The highest BCUT2D eigenvalue weighted by Crippen LogP contribution is 2.33. The van der Waals surface area contributed by atoms with Crippen LogP contribution in [0.4, 0.5) is 14.9 Å². The minimum absolute atomic E-state index is 0.238. The van der Waals surface area contributed by atoms with E-state index in [1.54, 1.807) is 18.2 Å². The second-order valence-electron chi connectivity index (χ2n) is 7.31. The van der Waals surface area contributed by atoms with E-state index in [9.17, 15) is 14.0 Å². The third-order valence-electron chi connectivity index (χ3n) is 5.30. The Balaban J connectivity index is 1.38. The summed E-state index contributed by atoms with van der Waals surface area (Å²) in [5.74, 6) is -0.794. The van der Waals surface area contributed by atoms with E-state index in [1.807, 2.05) is 19.1 Å². The molecule has 2 amide bonds. The topological polar surface area (TPSA) is 43.9 Å². The molecule has 0 saturated carbocycles. The van der Waals surface area contributed by atoms with Crippen molar-refractivity contribution < 1.29 is 14.0 Å². The number of aryl methyl sites for hydroxylation is 1. The molecule has 156 valence electrons. The fourth-order valence-corrected chi connectivity index (χ4v) is 4.48. The summed E-state index contributed by atoms with van der Waals surface area (Å²) in [6.45, 7) is 5.21. The SMILES string of the molecule is Cc1ccc(N2CCN(CN3C(=O)SC(=Cc4ccccc4F)C3=O)CC2)cc1Cl. The number of rotatable bonds is 4. The Morgan fingerprint density at radius 2 is 1.83 bits per heavy atom. The molecule has 2 fully saturated rings. The first-order valence-electron chi connectivity index (χ1n) is 9.66. The summed E-state index contributed by atoms with van der Waals surface area (Å²) in [7, 11) is 0. The summed E-state index contributed by atoms with van der Waals surface area (Å²) in [6, 6.07) is 12.2. The number of anilines is 1. The maximum Gasteiger partial charge on any atom is 0.294 e. The van der Waals surface area contributed by atoms with E-state index in [2.05, 4.69) is 15.9 Å². The molecule has 2 aliphatic heterocycles. The van der Waals surface area contributed by atoms with Crippen LogP contribution in [0.5, 0.6) is 0 Å². The molecule has 2 heterocycles. The number of carbonyl (C=O) groups is 2. The van der Waals surface area contributed by atoms with Gasteiger partial charge in [0.25, 0.3) is 11.1 Å². The van der Waals surface area contributed by atoms with Crippen molar-refractivity contribution >= 4 is 46.3 Å². The van der Waals surface area contributed by atoms with Gasteiger partial charge in [-0.05, 0) is 48.5 Å². The van der Waals surface area contributed by atoms with Gasteiger partial charge < -0.3 is 4.90 Å². The fraction of sp³-hybridized carbons (Fsp3) is 0.273. The third kappa shape index (κ3) is 4.38. The molecule has 2 aliphatic rings. The maximum absolute atomic E-state index is 13.9. The summed E-state index contributed by atoms with van der Waals surface area (Å²) < 4.78 is 13.9. The van der Waals surface area contributed by atoms with E-state index in [4.69, 9.17) is 11.6 Å². The summed E-state index contributed by atoms with van der Waals surface area (Å²) in [5.41, 5.74) is 2.42. The van der Waals surface area contributed by atoms with Crippen LogP contribution in [0.3, 0.4) is 0 Å². The predicted molar refractivity (Wildman–Crippen MR) is 119 cm³/mol. The number of amides is 2. The van der Waals surface area contributed by atoms with Gasteiger partial charge in [-0.15, -0.1) is 0 Å². The first-order chi connectivity index (χ1) is 14.4. The highest BCUT2D eigenvalue weighted by Gasteiger charge is 2.36. The maximum atomic E-state index is 13.9. The summed E-state index contributed by atoms with van der Waals surface area (Å²) in [4.78, 5) is 30.9. The molecule has 5 nitrogen and oxygen atoms in total. The standard InChI is InChI=1S/C22H21ClFN3O2S/c1-15-6-7-17(13-18(15)23)26-10-8-25(9-11-26)14-27-21(28)20(30-22(27)29)12-16-4-2-3-5-19(16)24/h2-7,12-13H,8-11,14H2,1H3. The van der Waals surface area contributed by atoms with Crippen molar-refractivity contribution in [2.75, 3.05) is 37.7 Å². The lowest BCUT2D eigenvalue weighted by Crippen LogP contribution is -2.50. The number of imide groups is 1. The van der Waals surface area contributed by atoms with Crippen LogP contribution < -0.4 is 4.90 Å². The molecule has 0 atom stereocenters. The van der Waals surface area contributed by atoms with Crippen LogP contribution in [0.15, 0.2) is 47.4 Å². The minimum atomic E-state index is -0.420. The minimum Gasteiger partial charge on any atom is -0.369 e. The highest BCUT2D eigenvalue weighted by molar-refractivity contribution is 8.18. The molecule has 0 N–H and O–H groups in total. The van der Waals surface area contributed by atoms with Crippen molar-refractivity contribution in [3.05, 3.63) is 69.3 Å². The van der Waals surface area contributed by atoms with Gasteiger partial charge in [-0.3, -0.25) is 19.4 Å². The lowest BCUT2D eigenvalue weighted by atomic mass is 10.2. The number of benzene rings is 2. The van der Waals surface area contributed by atoms with Gasteiger partial charge in [0.2, 0.25) is 0 Å². The molecule has 0 radical (unpaired) electrons. The fourth-order valence-electron chi connectivity index (χ4n) is 3.48. The Labute approximate surface area is 184 Å². The number of halogens is 2. The Morgan fingerprint density at radius 1 is 1.10 bits per heavy atom. The average molecular weight is 446 g/mol. The molecule has 2 aromatic rings. The average Bonchev–Trinajstić information content (AvgIpc) is 3.00. The largest absolute Gasteiger partial charge is 0.369 e. The molecule has 0 unspecified atom stereocenters. The van der Waals surface area contributed by atoms with Gasteiger partial charge in [-0.2, -0.15) is 0 Å². The van der Waals surface area contributed by atoms with Crippen LogP contribution >= 0.6 is 23.4 Å². The van der Waals surface area contributed by atoms with E-state index in [0.717, 1.165) is 54.2 Å². The molecule has 8 heteroatoms. The van der Waals surface area contributed by atoms with E-state index in [1.165, 1.54) is 17.0 Å². The molecule has 0 spiro atoms. The molecular formula is C22H21ClFN3O2S. The van der Waals surface area contributed by atoms with Crippen molar-refractivity contribution in [3.63, 3.8) is 0 Å². The smallest absolute Gasteiger partial charge is 0.294 e. The van der Waals surface area contributed by atoms with Crippen LogP contribution in [-0.2, 0) is 4.79 Å². The van der Waals surface area contributed by atoms with Crippen LogP contribution in [0.25, 0.3) is 6.08 Å². The quantitative estimate of drug-likeness (QED) is 0.643. The Kier molecular flexibility index (Phi) is 6.13. The van der Waals surface area contributed by atoms with E-state index in [-0.39, 0.29) is 22.7 Å².